The van der Waals surface area contributed by atoms with Crippen molar-refractivity contribution in [1.29, 1.82) is 0 Å². The van der Waals surface area contributed by atoms with E-state index < -0.39 is 17.1 Å². The van der Waals surface area contributed by atoms with Gasteiger partial charge in [0.25, 0.3) is 0 Å². The Morgan fingerprint density at radius 2 is 0.667 bits per heavy atom. The molecule has 3 aromatic carbocycles. The second-order valence-corrected chi connectivity index (χ2v) is 10.2. The van der Waals surface area contributed by atoms with Gasteiger partial charge in [-0.15, -0.1) is 0 Å². The van der Waals surface area contributed by atoms with Crippen molar-refractivity contribution in [3.05, 3.63) is 98.0 Å². The van der Waals surface area contributed by atoms with Crippen LogP contribution < -0.4 is 17.1 Å². The highest BCUT2D eigenvalue weighted by Gasteiger charge is 2.25. The van der Waals surface area contributed by atoms with Crippen LogP contribution in [-0.2, 0) is 14.4 Å². The van der Waals surface area contributed by atoms with Gasteiger partial charge in [0, 0.05) is 0 Å². The largest absolute Gasteiger partial charge is 0.345 e. The lowest BCUT2D eigenvalue weighted by atomic mass is 10.2. The maximum atomic E-state index is 13.9. The van der Waals surface area contributed by atoms with Crippen LogP contribution >= 0.6 is 69.6 Å². The SMILES string of the molecule is O=C=Nc1cc(Cl)c(-n2c(=O)n(-c3cc(Cl)c(N=C=O)cc3Cl)c(=O)n(-c3cc(Cl)c(N=C=O)cc3Cl)c2=O)cc1Cl. The summed E-state index contributed by atoms with van der Waals surface area (Å²) in [7, 11) is 0. The van der Waals surface area contributed by atoms with Crippen LogP contribution in [0.4, 0.5) is 17.1 Å². The molecule has 0 aliphatic heterocycles. The highest BCUT2D eigenvalue weighted by Crippen LogP contribution is 2.35. The molecule has 4 aromatic rings. The van der Waals surface area contributed by atoms with Crippen LogP contribution in [-0.4, -0.2) is 31.9 Å². The average Bonchev–Trinajstić information content (AvgIpc) is 2.92. The van der Waals surface area contributed by atoms with Crippen molar-refractivity contribution >= 4 is 105 Å². The first-order valence-corrected chi connectivity index (χ1v) is 12.9. The second kappa shape index (κ2) is 12.4. The molecule has 0 N–H and O–H groups in total. The molecule has 42 heavy (non-hydrogen) atoms. The zero-order chi connectivity index (χ0) is 30.9. The molecule has 0 radical (unpaired) electrons. The second-order valence-electron chi connectivity index (χ2n) is 7.73. The number of rotatable bonds is 6. The summed E-state index contributed by atoms with van der Waals surface area (Å²) in [5.41, 5.74) is -5.37. The third-order valence-electron chi connectivity index (χ3n) is 5.42. The molecule has 0 saturated carbocycles. The van der Waals surface area contributed by atoms with E-state index >= 15 is 0 Å². The lowest BCUT2D eigenvalue weighted by Gasteiger charge is -2.17. The topological polar surface area (TPSA) is 154 Å². The number of hydrogen-bond donors (Lipinski definition) is 0. The summed E-state index contributed by atoms with van der Waals surface area (Å²) in [4.78, 5) is 84.0. The van der Waals surface area contributed by atoms with E-state index in [1.165, 1.54) is 18.2 Å². The predicted octanol–water partition coefficient (Wildman–Crippen LogP) is 5.96. The number of isocyanates is 3. The van der Waals surface area contributed by atoms with Gasteiger partial charge in [-0.1, -0.05) is 69.6 Å². The van der Waals surface area contributed by atoms with Crippen molar-refractivity contribution in [2.75, 3.05) is 0 Å². The summed E-state index contributed by atoms with van der Waals surface area (Å²) in [5.74, 6) is 0. The number of aromatic nitrogens is 3. The number of nitrogens with zero attached hydrogens (tertiary/aromatic N) is 6. The van der Waals surface area contributed by atoms with Crippen LogP contribution in [0.15, 0.2) is 65.8 Å². The van der Waals surface area contributed by atoms with Gasteiger partial charge in [-0.2, -0.15) is 15.0 Å². The van der Waals surface area contributed by atoms with E-state index in [9.17, 15) is 28.8 Å². The first-order chi connectivity index (χ1) is 19.9. The molecule has 0 bridgehead atoms. The summed E-state index contributed by atoms with van der Waals surface area (Å²) < 4.78 is 1.36. The first kappa shape index (κ1) is 30.9. The Kier molecular flexibility index (Phi) is 9.15. The maximum Gasteiger partial charge on any atom is 0.345 e. The fraction of sp³-hybridized carbons (Fsp3) is 0. The summed E-state index contributed by atoms with van der Waals surface area (Å²) >= 11 is 37.6. The third-order valence-corrected chi connectivity index (χ3v) is 7.23. The highest BCUT2D eigenvalue weighted by atomic mass is 35.5. The molecular weight excluding hydrogens is 681 g/mol. The van der Waals surface area contributed by atoms with E-state index in [4.69, 9.17) is 69.6 Å². The van der Waals surface area contributed by atoms with Crippen LogP contribution in [0.3, 0.4) is 0 Å². The fourth-order valence-corrected chi connectivity index (χ4v) is 4.99. The quantitative estimate of drug-likeness (QED) is 0.180. The van der Waals surface area contributed by atoms with Crippen LogP contribution in [0.5, 0.6) is 0 Å². The first-order valence-electron chi connectivity index (χ1n) is 10.7. The van der Waals surface area contributed by atoms with Crippen molar-refractivity contribution in [3.63, 3.8) is 0 Å². The van der Waals surface area contributed by atoms with Gasteiger partial charge >= 0.3 is 17.1 Å². The molecule has 210 valence electrons. The third kappa shape index (κ3) is 5.55. The highest BCUT2D eigenvalue weighted by molar-refractivity contribution is 6.37. The lowest BCUT2D eigenvalue weighted by Crippen LogP contribution is -2.53. The molecule has 0 amide bonds. The maximum absolute atomic E-state index is 13.9. The Hall–Kier alpha value is -4.05. The van der Waals surface area contributed by atoms with E-state index in [0.717, 1.165) is 36.4 Å². The monoisotopic (exact) mass is 684 g/mol. The number of benzene rings is 3. The van der Waals surface area contributed by atoms with Crippen molar-refractivity contribution in [3.8, 4) is 17.1 Å². The molecular formula is C24H6Cl6N6O6. The van der Waals surface area contributed by atoms with Crippen molar-refractivity contribution < 1.29 is 14.4 Å². The van der Waals surface area contributed by atoms with E-state index in [2.05, 4.69) is 15.0 Å². The minimum absolute atomic E-state index is 0.135. The van der Waals surface area contributed by atoms with Gasteiger partial charge in [0.05, 0.1) is 64.3 Å². The standard InChI is InChI=1S/C24H6Cl6N6O6/c25-10-4-19(13(28)1-16(10)31-7-37)34-22(40)35(20-5-11(26)17(32-8-38)2-14(20)29)24(42)36(23(34)41)21-6-12(27)18(33-9-39)3-15(21)30/h1-6H. The molecule has 0 atom stereocenters. The number of carbonyl (C=O) groups excluding carboxylic acids is 3. The Bertz CT molecular complexity index is 1880. The Labute approximate surface area is 261 Å². The minimum Gasteiger partial charge on any atom is -0.246 e. The van der Waals surface area contributed by atoms with E-state index in [1.807, 2.05) is 0 Å². The average molecular weight is 687 g/mol. The summed E-state index contributed by atoms with van der Waals surface area (Å²) in [6.07, 6.45) is 3.86. The van der Waals surface area contributed by atoms with Gasteiger partial charge in [0.15, 0.2) is 0 Å². The van der Waals surface area contributed by atoms with E-state index in [1.54, 1.807) is 0 Å². The van der Waals surface area contributed by atoms with Gasteiger partial charge < -0.3 is 0 Å². The molecule has 12 nitrogen and oxygen atoms in total. The van der Waals surface area contributed by atoms with Gasteiger partial charge in [-0.25, -0.2) is 42.5 Å². The molecule has 0 unspecified atom stereocenters. The molecule has 18 heteroatoms. The predicted molar refractivity (Wildman–Crippen MR) is 157 cm³/mol. The number of aliphatic imine (C=N–C) groups is 3. The van der Waals surface area contributed by atoms with Crippen molar-refractivity contribution in [1.82, 2.24) is 13.7 Å². The van der Waals surface area contributed by atoms with Gasteiger partial charge in [0.2, 0.25) is 18.2 Å². The zero-order valence-corrected chi connectivity index (χ0v) is 24.4. The number of halogens is 6. The summed E-state index contributed by atoms with van der Waals surface area (Å²) in [5, 5.41) is -1.56. The van der Waals surface area contributed by atoms with Crippen LogP contribution in [0.25, 0.3) is 17.1 Å². The minimum atomic E-state index is -1.31. The molecule has 0 aliphatic carbocycles. The van der Waals surface area contributed by atoms with E-state index in [0.29, 0.717) is 13.7 Å². The van der Waals surface area contributed by atoms with Crippen LogP contribution in [0.2, 0.25) is 30.1 Å². The molecule has 0 saturated heterocycles. The summed E-state index contributed by atoms with van der Waals surface area (Å²) in [6.45, 7) is 0. The zero-order valence-electron chi connectivity index (χ0n) is 19.9. The van der Waals surface area contributed by atoms with Gasteiger partial charge in [-0.3, -0.25) is 0 Å². The smallest absolute Gasteiger partial charge is 0.246 e. The van der Waals surface area contributed by atoms with Crippen molar-refractivity contribution in [2.45, 2.75) is 0 Å². The van der Waals surface area contributed by atoms with Crippen LogP contribution in [0.1, 0.15) is 0 Å². The molecule has 0 fully saturated rings. The van der Waals surface area contributed by atoms with Crippen molar-refractivity contribution in [2.24, 2.45) is 15.0 Å². The Morgan fingerprint density at radius 3 is 0.881 bits per heavy atom. The molecule has 0 spiro atoms. The molecule has 0 aliphatic rings. The molecule has 4 rings (SSSR count). The van der Waals surface area contributed by atoms with Crippen LogP contribution in [0, 0.1) is 0 Å². The van der Waals surface area contributed by atoms with Gasteiger partial charge in [0.1, 0.15) is 0 Å². The van der Waals surface area contributed by atoms with E-state index in [-0.39, 0.29) is 64.3 Å². The molecule has 1 aromatic heterocycles. The summed E-state index contributed by atoms with van der Waals surface area (Å²) in [6, 6.07) is 6.32. The normalized spacial score (nSPS) is 10.4. The lowest BCUT2D eigenvalue weighted by molar-refractivity contribution is 0.564. The fourth-order valence-electron chi connectivity index (χ4n) is 3.66. The number of hydrogen-bond acceptors (Lipinski definition) is 9. The Balaban J connectivity index is 2.24. The van der Waals surface area contributed by atoms with Gasteiger partial charge in [-0.05, 0) is 36.4 Å². The molecule has 1 heterocycles. The Morgan fingerprint density at radius 1 is 0.429 bits per heavy atom.